The van der Waals surface area contributed by atoms with Gasteiger partial charge in [-0.25, -0.2) is 8.78 Å². The van der Waals surface area contributed by atoms with E-state index in [9.17, 15) is 23.2 Å². The maximum Gasteiger partial charge on any atom is 0.253 e. The van der Waals surface area contributed by atoms with Gasteiger partial charge in [0, 0.05) is 30.3 Å². The van der Waals surface area contributed by atoms with E-state index in [0.29, 0.717) is 31.5 Å². The summed E-state index contributed by atoms with van der Waals surface area (Å²) < 4.78 is 26.3. The van der Waals surface area contributed by atoms with Crippen LogP contribution < -0.4 is 10.6 Å². The van der Waals surface area contributed by atoms with Gasteiger partial charge in [-0.05, 0) is 80.1 Å². The third-order valence-electron chi connectivity index (χ3n) is 5.99. The molecule has 0 aromatic heterocycles. The number of benzene rings is 2. The summed E-state index contributed by atoms with van der Waals surface area (Å²) in [7, 11) is 0. The molecule has 168 valence electrons. The molecule has 2 N–H and O–H groups in total. The fraction of sp³-hybridized carbons (Fsp3) is 0.375. The van der Waals surface area contributed by atoms with E-state index in [0.717, 1.165) is 12.8 Å². The van der Waals surface area contributed by atoms with E-state index in [1.165, 1.54) is 48.5 Å². The van der Waals surface area contributed by atoms with Crippen LogP contribution in [0.2, 0.25) is 0 Å². The number of hydrogen-bond donors (Lipinski definition) is 2. The summed E-state index contributed by atoms with van der Waals surface area (Å²) >= 11 is 0. The van der Waals surface area contributed by atoms with Crippen LogP contribution in [0.3, 0.4) is 0 Å². The first-order valence-electron chi connectivity index (χ1n) is 10.8. The van der Waals surface area contributed by atoms with Gasteiger partial charge in [0.1, 0.15) is 17.7 Å². The molecule has 1 atom stereocenters. The highest BCUT2D eigenvalue weighted by Gasteiger charge is 2.36. The second kappa shape index (κ2) is 9.46. The molecule has 0 bridgehead atoms. The largest absolute Gasteiger partial charge is 0.352 e. The molecule has 1 saturated heterocycles. The quantitative estimate of drug-likeness (QED) is 0.724. The molecule has 2 fully saturated rings. The number of carbonyl (C=O) groups excluding carboxylic acids is 3. The Labute approximate surface area is 185 Å². The number of likely N-dealkylation sites (tertiary alicyclic amines) is 1. The Morgan fingerprint density at radius 3 is 1.88 bits per heavy atom. The van der Waals surface area contributed by atoms with Crippen LogP contribution in [0.4, 0.5) is 8.78 Å². The lowest BCUT2D eigenvalue weighted by Crippen LogP contribution is -2.54. The molecule has 1 aliphatic heterocycles. The Hall–Kier alpha value is -3.29. The van der Waals surface area contributed by atoms with Crippen LogP contribution in [-0.4, -0.2) is 47.8 Å². The molecule has 32 heavy (non-hydrogen) atoms. The van der Waals surface area contributed by atoms with Crippen molar-refractivity contribution in [3.05, 3.63) is 71.3 Å². The molecule has 0 radical (unpaired) electrons. The van der Waals surface area contributed by atoms with Crippen molar-refractivity contribution >= 4 is 17.7 Å². The van der Waals surface area contributed by atoms with E-state index in [1.807, 2.05) is 0 Å². The molecule has 1 aliphatic carbocycles. The standard InChI is InChI=1S/C24H25F2N3O3/c25-18-5-1-16(2-6-18)22(30)28-21(23(31)27-20-9-10-20)15-11-13-29(14-12-15)24(32)17-3-7-19(26)8-4-17/h1-8,15,20-21H,9-14H2,(H,27,31)(H,28,30)/t21-/m0/s1. The average molecular weight is 441 g/mol. The number of carbonyl (C=O) groups is 3. The predicted molar refractivity (Wildman–Crippen MR) is 114 cm³/mol. The Balaban J connectivity index is 1.41. The van der Waals surface area contributed by atoms with Crippen LogP contribution in [-0.2, 0) is 4.79 Å². The normalized spacial score (nSPS) is 17.5. The molecule has 0 spiro atoms. The lowest BCUT2D eigenvalue weighted by molar-refractivity contribution is -0.124. The van der Waals surface area contributed by atoms with Crippen LogP contribution in [0.15, 0.2) is 48.5 Å². The molecular formula is C24H25F2N3O3. The van der Waals surface area contributed by atoms with E-state index >= 15 is 0 Å². The first kappa shape index (κ1) is 21.9. The summed E-state index contributed by atoms with van der Waals surface area (Å²) in [6.45, 7) is 0.862. The third-order valence-corrected chi connectivity index (χ3v) is 5.99. The molecule has 3 amide bonds. The first-order chi connectivity index (χ1) is 15.4. The van der Waals surface area contributed by atoms with E-state index in [4.69, 9.17) is 0 Å². The van der Waals surface area contributed by atoms with Crippen molar-refractivity contribution in [1.29, 1.82) is 0 Å². The first-order valence-corrected chi connectivity index (χ1v) is 10.8. The lowest BCUT2D eigenvalue weighted by Gasteiger charge is -2.36. The van der Waals surface area contributed by atoms with Gasteiger partial charge < -0.3 is 15.5 Å². The second-order valence-corrected chi connectivity index (χ2v) is 8.38. The molecule has 6 nitrogen and oxygen atoms in total. The van der Waals surface area contributed by atoms with E-state index in [-0.39, 0.29) is 29.3 Å². The smallest absolute Gasteiger partial charge is 0.253 e. The molecule has 0 unspecified atom stereocenters. The number of piperidine rings is 1. The van der Waals surface area contributed by atoms with Crippen LogP contribution in [0.25, 0.3) is 0 Å². The molecule has 2 aliphatic rings. The van der Waals surface area contributed by atoms with E-state index in [2.05, 4.69) is 10.6 Å². The molecule has 8 heteroatoms. The zero-order valence-corrected chi connectivity index (χ0v) is 17.5. The Morgan fingerprint density at radius 2 is 1.34 bits per heavy atom. The van der Waals surface area contributed by atoms with E-state index in [1.54, 1.807) is 4.90 Å². The van der Waals surface area contributed by atoms with Crippen LogP contribution in [0, 0.1) is 17.6 Å². The molecule has 4 rings (SSSR count). The van der Waals surface area contributed by atoms with Crippen molar-refractivity contribution in [2.75, 3.05) is 13.1 Å². The lowest BCUT2D eigenvalue weighted by atomic mass is 9.88. The minimum atomic E-state index is -0.740. The number of amides is 3. The maximum atomic E-state index is 13.2. The van der Waals surface area contributed by atoms with Gasteiger partial charge in [0.05, 0.1) is 0 Å². The number of hydrogen-bond acceptors (Lipinski definition) is 3. The van der Waals surface area contributed by atoms with Crippen molar-refractivity contribution in [3.63, 3.8) is 0 Å². The van der Waals surface area contributed by atoms with Gasteiger partial charge >= 0.3 is 0 Å². The maximum absolute atomic E-state index is 13.2. The minimum Gasteiger partial charge on any atom is -0.352 e. The van der Waals surface area contributed by atoms with Gasteiger partial charge in [-0.1, -0.05) is 0 Å². The summed E-state index contributed by atoms with van der Waals surface area (Å²) in [6, 6.07) is 9.99. The summed E-state index contributed by atoms with van der Waals surface area (Å²) in [5, 5.41) is 5.77. The van der Waals surface area contributed by atoms with Gasteiger partial charge in [-0.2, -0.15) is 0 Å². The van der Waals surface area contributed by atoms with Crippen molar-refractivity contribution < 1.29 is 23.2 Å². The van der Waals surface area contributed by atoms with Crippen molar-refractivity contribution in [1.82, 2.24) is 15.5 Å². The summed E-state index contributed by atoms with van der Waals surface area (Å²) in [6.07, 6.45) is 2.93. The van der Waals surface area contributed by atoms with Crippen molar-refractivity contribution in [3.8, 4) is 0 Å². The summed E-state index contributed by atoms with van der Waals surface area (Å²) in [4.78, 5) is 39.9. The monoisotopic (exact) mass is 441 g/mol. The minimum absolute atomic E-state index is 0.143. The Kier molecular flexibility index (Phi) is 6.48. The van der Waals surface area contributed by atoms with Crippen LogP contribution in [0.1, 0.15) is 46.4 Å². The number of nitrogens with one attached hydrogen (secondary N) is 2. The Morgan fingerprint density at radius 1 is 0.812 bits per heavy atom. The fourth-order valence-electron chi connectivity index (χ4n) is 3.95. The summed E-state index contributed by atoms with van der Waals surface area (Å²) in [5.74, 6) is -1.84. The molecule has 2 aromatic rings. The SMILES string of the molecule is O=C(N[C@H](C(=O)NC1CC1)C1CCN(C(=O)c2ccc(F)cc2)CC1)c1ccc(F)cc1. The average Bonchev–Trinajstić information content (AvgIpc) is 3.62. The molecule has 1 heterocycles. The third kappa shape index (κ3) is 5.30. The Bertz CT molecular complexity index is 983. The van der Waals surface area contributed by atoms with Crippen molar-refractivity contribution in [2.45, 2.75) is 37.8 Å². The highest BCUT2D eigenvalue weighted by atomic mass is 19.1. The zero-order chi connectivity index (χ0) is 22.7. The van der Waals surface area contributed by atoms with Crippen molar-refractivity contribution in [2.24, 2.45) is 5.92 Å². The summed E-state index contributed by atoms with van der Waals surface area (Å²) in [5.41, 5.74) is 0.692. The predicted octanol–water partition coefficient (Wildman–Crippen LogP) is 2.89. The van der Waals surface area contributed by atoms with Gasteiger partial charge in [-0.3, -0.25) is 14.4 Å². The molecule has 1 saturated carbocycles. The molecule has 2 aromatic carbocycles. The fourth-order valence-corrected chi connectivity index (χ4v) is 3.95. The van der Waals surface area contributed by atoms with Gasteiger partial charge in [-0.15, -0.1) is 0 Å². The number of rotatable bonds is 6. The zero-order valence-electron chi connectivity index (χ0n) is 17.5. The van der Waals surface area contributed by atoms with Gasteiger partial charge in [0.2, 0.25) is 5.91 Å². The number of nitrogens with zero attached hydrogens (tertiary/aromatic N) is 1. The highest BCUT2D eigenvalue weighted by molar-refractivity contribution is 5.98. The topological polar surface area (TPSA) is 78.5 Å². The van der Waals surface area contributed by atoms with Crippen LogP contribution >= 0.6 is 0 Å². The van der Waals surface area contributed by atoms with E-state index < -0.39 is 23.6 Å². The molecular weight excluding hydrogens is 416 g/mol. The highest BCUT2D eigenvalue weighted by Crippen LogP contribution is 2.25. The second-order valence-electron chi connectivity index (χ2n) is 8.38. The van der Waals surface area contributed by atoms with Gasteiger partial charge in [0.25, 0.3) is 11.8 Å². The van der Waals surface area contributed by atoms with Gasteiger partial charge in [0.15, 0.2) is 0 Å². The van der Waals surface area contributed by atoms with Crippen LogP contribution in [0.5, 0.6) is 0 Å². The number of halogens is 2.